The summed E-state index contributed by atoms with van der Waals surface area (Å²) in [5, 5.41) is 0.00873. The molecule has 1 aromatic rings. The first-order valence-electron chi connectivity index (χ1n) is 9.87. The van der Waals surface area contributed by atoms with Crippen LogP contribution in [0.5, 0.6) is 0 Å². The second-order valence-corrected chi connectivity index (χ2v) is 14.3. The van der Waals surface area contributed by atoms with E-state index in [1.165, 1.54) is 6.08 Å². The van der Waals surface area contributed by atoms with E-state index < -0.39 is 32.4 Å². The average molecular weight is 405 g/mol. The first kappa shape index (κ1) is 21.2. The number of cyclic esters (lactones) is 1. The van der Waals surface area contributed by atoms with Crippen LogP contribution in [0.2, 0.25) is 18.1 Å². The maximum atomic E-state index is 11.8. The molecule has 2 heterocycles. The number of esters is 1. The molecule has 1 saturated heterocycles. The molecule has 0 spiro atoms. The fraction of sp³-hybridized carbons (Fsp3) is 0.591. The summed E-state index contributed by atoms with van der Waals surface area (Å²) in [4.78, 5) is 11.8. The summed E-state index contributed by atoms with van der Waals surface area (Å²) in [6.45, 7) is 14.8. The highest BCUT2D eigenvalue weighted by molar-refractivity contribution is 6.74. The van der Waals surface area contributed by atoms with Crippen LogP contribution in [0, 0.1) is 0 Å². The zero-order valence-electron chi connectivity index (χ0n) is 17.9. The first-order chi connectivity index (χ1) is 12.9. The van der Waals surface area contributed by atoms with E-state index in [2.05, 4.69) is 33.9 Å². The summed E-state index contributed by atoms with van der Waals surface area (Å²) in [5.74, 6) is -1.10. The molecule has 5 nitrogen and oxygen atoms in total. The second-order valence-electron chi connectivity index (χ2n) is 9.53. The molecule has 0 aliphatic carbocycles. The Kier molecular flexibility index (Phi) is 5.62. The Morgan fingerprint density at radius 3 is 2.29 bits per heavy atom. The predicted octanol–water partition coefficient (Wildman–Crippen LogP) is 4.75. The SMILES string of the molecule is CC1(C)O[C@@H]([C@H](O[Si](C)(C)C(C)(C)C)[C@@H]2C=CC(=O)O2)[C@H](c2ccccc2)O1. The van der Waals surface area contributed by atoms with Gasteiger partial charge in [-0.3, -0.25) is 0 Å². The Balaban J connectivity index is 1.98. The van der Waals surface area contributed by atoms with Crippen LogP contribution in [-0.4, -0.2) is 38.4 Å². The molecule has 28 heavy (non-hydrogen) atoms. The third-order valence-corrected chi connectivity index (χ3v) is 10.3. The Labute approximate surface area is 169 Å². The number of ether oxygens (including phenoxy) is 3. The number of hydrogen-bond acceptors (Lipinski definition) is 5. The van der Waals surface area contributed by atoms with Crippen molar-refractivity contribution in [2.24, 2.45) is 0 Å². The minimum atomic E-state index is -2.16. The minimum Gasteiger partial charge on any atom is -0.452 e. The lowest BCUT2D eigenvalue weighted by molar-refractivity contribution is -0.164. The second kappa shape index (κ2) is 7.41. The molecule has 6 heteroatoms. The van der Waals surface area contributed by atoms with Crippen molar-refractivity contribution < 1.29 is 23.4 Å². The van der Waals surface area contributed by atoms with Gasteiger partial charge >= 0.3 is 5.97 Å². The van der Waals surface area contributed by atoms with Crippen LogP contribution >= 0.6 is 0 Å². The molecule has 1 aromatic carbocycles. The lowest BCUT2D eigenvalue weighted by Crippen LogP contribution is -2.52. The van der Waals surface area contributed by atoms with Gasteiger partial charge in [-0.05, 0) is 43.6 Å². The number of carbonyl (C=O) groups excluding carboxylic acids is 1. The van der Waals surface area contributed by atoms with E-state index in [1.807, 2.05) is 44.2 Å². The molecule has 0 saturated carbocycles. The largest absolute Gasteiger partial charge is 0.452 e. The highest BCUT2D eigenvalue weighted by Crippen LogP contribution is 2.45. The number of rotatable bonds is 5. The van der Waals surface area contributed by atoms with Gasteiger partial charge in [-0.25, -0.2) is 4.79 Å². The Bertz CT molecular complexity index is 735. The Hall–Kier alpha value is -1.47. The van der Waals surface area contributed by atoms with Crippen LogP contribution in [0.4, 0.5) is 0 Å². The molecule has 1 fully saturated rings. The molecule has 4 atom stereocenters. The fourth-order valence-corrected chi connectivity index (χ4v) is 4.63. The monoisotopic (exact) mass is 404 g/mol. The van der Waals surface area contributed by atoms with Crippen LogP contribution < -0.4 is 0 Å². The Morgan fingerprint density at radius 1 is 1.11 bits per heavy atom. The van der Waals surface area contributed by atoms with Gasteiger partial charge < -0.3 is 18.6 Å². The van der Waals surface area contributed by atoms with E-state index in [9.17, 15) is 4.79 Å². The van der Waals surface area contributed by atoms with Crippen LogP contribution in [0.15, 0.2) is 42.5 Å². The zero-order valence-corrected chi connectivity index (χ0v) is 18.9. The van der Waals surface area contributed by atoms with Crippen molar-refractivity contribution in [2.75, 3.05) is 0 Å². The van der Waals surface area contributed by atoms with Crippen molar-refractivity contribution in [2.45, 2.75) is 83.0 Å². The van der Waals surface area contributed by atoms with Gasteiger partial charge in [0.05, 0.1) is 0 Å². The number of benzene rings is 1. The van der Waals surface area contributed by atoms with Crippen molar-refractivity contribution in [3.8, 4) is 0 Å². The lowest BCUT2D eigenvalue weighted by Gasteiger charge is -2.42. The van der Waals surface area contributed by atoms with E-state index >= 15 is 0 Å². The molecule has 0 amide bonds. The van der Waals surface area contributed by atoms with Gasteiger partial charge in [-0.15, -0.1) is 0 Å². The highest BCUT2D eigenvalue weighted by Gasteiger charge is 2.52. The summed E-state index contributed by atoms with van der Waals surface area (Å²) < 4.78 is 24.9. The first-order valence-corrected chi connectivity index (χ1v) is 12.8. The van der Waals surface area contributed by atoms with E-state index in [0.29, 0.717) is 0 Å². The molecule has 0 N–H and O–H groups in total. The molecule has 0 radical (unpaired) electrons. The zero-order chi connectivity index (χ0) is 20.7. The van der Waals surface area contributed by atoms with E-state index in [1.54, 1.807) is 6.08 Å². The molecule has 0 aromatic heterocycles. The van der Waals surface area contributed by atoms with Gasteiger partial charge in [0.25, 0.3) is 0 Å². The molecule has 2 aliphatic rings. The summed E-state index contributed by atoms with van der Waals surface area (Å²) in [5.41, 5.74) is 1.02. The molecule has 2 aliphatic heterocycles. The van der Waals surface area contributed by atoms with Crippen LogP contribution in [0.3, 0.4) is 0 Å². The minimum absolute atomic E-state index is 0.00873. The van der Waals surface area contributed by atoms with Crippen molar-refractivity contribution in [1.82, 2.24) is 0 Å². The smallest absolute Gasteiger partial charge is 0.331 e. The van der Waals surface area contributed by atoms with Crippen LogP contribution in [0.1, 0.15) is 46.3 Å². The van der Waals surface area contributed by atoms with Crippen LogP contribution in [0.25, 0.3) is 0 Å². The molecule has 0 bridgehead atoms. The summed E-state index contributed by atoms with van der Waals surface area (Å²) in [6.07, 6.45) is 1.60. The fourth-order valence-electron chi connectivity index (χ4n) is 3.33. The van der Waals surface area contributed by atoms with Crippen molar-refractivity contribution in [3.05, 3.63) is 48.0 Å². The normalized spacial score (nSPS) is 28.4. The summed E-state index contributed by atoms with van der Waals surface area (Å²) in [6, 6.07) is 10.0. The van der Waals surface area contributed by atoms with Gasteiger partial charge in [-0.1, -0.05) is 51.1 Å². The maximum Gasteiger partial charge on any atom is 0.331 e. The van der Waals surface area contributed by atoms with Crippen LogP contribution in [-0.2, 0) is 23.4 Å². The molecular formula is C22H32O5Si. The van der Waals surface area contributed by atoms with E-state index in [0.717, 1.165) is 5.56 Å². The van der Waals surface area contributed by atoms with E-state index in [4.69, 9.17) is 18.6 Å². The molecular weight excluding hydrogens is 372 g/mol. The van der Waals surface area contributed by atoms with Crippen molar-refractivity contribution >= 4 is 14.3 Å². The van der Waals surface area contributed by atoms with Crippen molar-refractivity contribution in [1.29, 1.82) is 0 Å². The summed E-state index contributed by atoms with van der Waals surface area (Å²) >= 11 is 0. The van der Waals surface area contributed by atoms with Gasteiger partial charge in [0, 0.05) is 6.08 Å². The van der Waals surface area contributed by atoms with Gasteiger partial charge in [0.15, 0.2) is 14.1 Å². The van der Waals surface area contributed by atoms with Crippen molar-refractivity contribution in [3.63, 3.8) is 0 Å². The maximum absolute atomic E-state index is 11.8. The summed E-state index contributed by atoms with van der Waals surface area (Å²) in [7, 11) is -2.16. The average Bonchev–Trinajstić information content (AvgIpc) is 3.15. The predicted molar refractivity (Wildman–Crippen MR) is 110 cm³/mol. The highest BCUT2D eigenvalue weighted by atomic mass is 28.4. The van der Waals surface area contributed by atoms with Gasteiger partial charge in [0.1, 0.15) is 24.4 Å². The quantitative estimate of drug-likeness (QED) is 0.523. The van der Waals surface area contributed by atoms with Gasteiger partial charge in [0.2, 0.25) is 0 Å². The lowest BCUT2D eigenvalue weighted by atomic mass is 9.97. The Morgan fingerprint density at radius 2 is 1.75 bits per heavy atom. The topological polar surface area (TPSA) is 54.0 Å². The number of carbonyl (C=O) groups is 1. The molecule has 3 rings (SSSR count). The molecule has 154 valence electrons. The van der Waals surface area contributed by atoms with Gasteiger partial charge in [-0.2, -0.15) is 0 Å². The third kappa shape index (κ3) is 4.40. The third-order valence-electron chi connectivity index (χ3n) is 5.82. The standard InChI is InChI=1S/C22H32O5Si/c1-21(2,3)28(6,7)27-19(16-13-14-17(23)24-16)20-18(25-22(4,5)26-20)15-11-9-8-10-12-15/h8-14,16,18-20H,1-7H3/t16-,18-,19+,20+/m0/s1. The number of hydrogen-bond donors (Lipinski definition) is 0. The molecule has 0 unspecified atom stereocenters. The van der Waals surface area contributed by atoms with E-state index in [-0.39, 0.29) is 17.1 Å².